The van der Waals surface area contributed by atoms with E-state index in [1.165, 1.54) is 31.2 Å². The molecule has 0 aromatic heterocycles. The summed E-state index contributed by atoms with van der Waals surface area (Å²) in [5.41, 5.74) is 1.88. The Hall–Kier alpha value is -0.730. The molecule has 1 N–H and O–H groups in total. The molecular weight excluding hydrogens is 270 g/mol. The smallest absolute Gasteiger partial charge is 0.122 e. The second-order valence-electron chi connectivity index (χ2n) is 7.30. The van der Waals surface area contributed by atoms with Gasteiger partial charge in [0.25, 0.3) is 0 Å². The second kappa shape index (κ2) is 4.92. The summed E-state index contributed by atoms with van der Waals surface area (Å²) in [6.45, 7) is 5.73. The molecule has 110 valence electrons. The van der Waals surface area contributed by atoms with Crippen LogP contribution in [0, 0.1) is 5.41 Å². The lowest BCUT2D eigenvalue weighted by atomic mass is 9.51. The molecule has 2 aliphatic rings. The summed E-state index contributed by atoms with van der Waals surface area (Å²) >= 11 is 6.23. The molecule has 0 spiro atoms. The predicted octanol–water partition coefficient (Wildman–Crippen LogP) is 4.16. The molecule has 3 heteroatoms. The highest BCUT2D eigenvalue weighted by Gasteiger charge is 2.51. The highest BCUT2D eigenvalue weighted by Crippen LogP contribution is 2.57. The van der Waals surface area contributed by atoms with Gasteiger partial charge in [0.1, 0.15) is 5.75 Å². The van der Waals surface area contributed by atoms with E-state index in [0.29, 0.717) is 5.41 Å². The van der Waals surface area contributed by atoms with Gasteiger partial charge >= 0.3 is 0 Å². The summed E-state index contributed by atoms with van der Waals surface area (Å²) in [5.74, 6) is 0.975. The lowest BCUT2D eigenvalue weighted by Gasteiger charge is -2.54. The van der Waals surface area contributed by atoms with Gasteiger partial charge in [-0.15, -0.1) is 0 Å². The van der Waals surface area contributed by atoms with Crippen molar-refractivity contribution < 1.29 is 4.74 Å². The van der Waals surface area contributed by atoms with Crippen LogP contribution >= 0.6 is 11.6 Å². The van der Waals surface area contributed by atoms with Crippen molar-refractivity contribution in [3.63, 3.8) is 0 Å². The number of halogens is 1. The fraction of sp³-hybridized carbons (Fsp3) is 0.647. The Balaban J connectivity index is 1.90. The second-order valence-corrected chi connectivity index (χ2v) is 7.73. The lowest BCUT2D eigenvalue weighted by molar-refractivity contribution is 0.0541. The number of methoxy groups -OCH3 is 1. The maximum absolute atomic E-state index is 6.23. The molecule has 0 unspecified atom stereocenters. The zero-order valence-corrected chi connectivity index (χ0v) is 13.4. The number of nitrogens with one attached hydrogen (secondary N) is 1. The maximum atomic E-state index is 6.23. The van der Waals surface area contributed by atoms with E-state index in [9.17, 15) is 0 Å². The predicted molar refractivity (Wildman–Crippen MR) is 83.7 cm³/mol. The average molecular weight is 294 g/mol. The van der Waals surface area contributed by atoms with Crippen molar-refractivity contribution in [1.29, 1.82) is 0 Å². The number of ether oxygens (including phenoxy) is 1. The van der Waals surface area contributed by atoms with Gasteiger partial charge in [0.05, 0.1) is 7.11 Å². The van der Waals surface area contributed by atoms with Crippen LogP contribution in [-0.4, -0.2) is 19.7 Å². The molecule has 0 radical (unpaired) electrons. The first kappa shape index (κ1) is 14.2. The van der Waals surface area contributed by atoms with Gasteiger partial charge < -0.3 is 10.1 Å². The minimum absolute atomic E-state index is 0.183. The van der Waals surface area contributed by atoms with Gasteiger partial charge in [0, 0.05) is 28.6 Å². The Bertz CT molecular complexity index is 500. The highest BCUT2D eigenvalue weighted by molar-refractivity contribution is 6.30. The van der Waals surface area contributed by atoms with Crippen molar-refractivity contribution in [3.8, 4) is 5.75 Å². The molecule has 1 aromatic carbocycles. The Morgan fingerprint density at radius 1 is 1.30 bits per heavy atom. The molecule has 0 amide bonds. The van der Waals surface area contributed by atoms with Gasteiger partial charge in [0.15, 0.2) is 0 Å². The van der Waals surface area contributed by atoms with E-state index in [-0.39, 0.29) is 5.41 Å². The SMILES string of the molecule is COc1ccc(Cl)cc1C1(CNC2CC2)CC(C)(C)C1. The number of hydrogen-bond donors (Lipinski definition) is 1. The van der Waals surface area contributed by atoms with Crippen molar-refractivity contribution >= 4 is 11.6 Å². The molecular formula is C17H24ClNO. The first-order chi connectivity index (χ1) is 9.44. The molecule has 0 atom stereocenters. The Labute approximate surface area is 126 Å². The van der Waals surface area contributed by atoms with E-state index in [1.54, 1.807) is 7.11 Å². The molecule has 0 aliphatic heterocycles. The van der Waals surface area contributed by atoms with Crippen LogP contribution in [0.25, 0.3) is 0 Å². The van der Waals surface area contributed by atoms with Crippen LogP contribution in [0.1, 0.15) is 45.1 Å². The van der Waals surface area contributed by atoms with Crippen molar-refractivity contribution in [2.24, 2.45) is 5.41 Å². The van der Waals surface area contributed by atoms with E-state index < -0.39 is 0 Å². The van der Waals surface area contributed by atoms with E-state index in [4.69, 9.17) is 16.3 Å². The molecule has 0 bridgehead atoms. The van der Waals surface area contributed by atoms with Crippen molar-refractivity contribution in [2.45, 2.75) is 51.0 Å². The molecule has 1 aromatic rings. The quantitative estimate of drug-likeness (QED) is 0.880. The standard InChI is InChI=1S/C17H24ClNO/c1-16(2)9-17(10-16,11-19-13-5-6-13)14-8-12(18)4-7-15(14)20-3/h4,7-8,13,19H,5-6,9-11H2,1-3H3. The van der Waals surface area contributed by atoms with Gasteiger partial charge in [-0.2, -0.15) is 0 Å². The third kappa shape index (κ3) is 2.68. The molecule has 3 rings (SSSR count). The third-order valence-corrected chi connectivity index (χ3v) is 4.91. The van der Waals surface area contributed by atoms with Gasteiger partial charge in [-0.1, -0.05) is 25.4 Å². The molecule has 0 saturated heterocycles. The monoisotopic (exact) mass is 293 g/mol. The average Bonchev–Trinajstić information content (AvgIpc) is 3.17. The van der Waals surface area contributed by atoms with E-state index in [2.05, 4.69) is 25.2 Å². The van der Waals surface area contributed by atoms with Crippen LogP contribution in [0.15, 0.2) is 18.2 Å². The topological polar surface area (TPSA) is 21.3 Å². The van der Waals surface area contributed by atoms with Crippen LogP contribution < -0.4 is 10.1 Å². The minimum atomic E-state index is 0.183. The fourth-order valence-corrected chi connectivity index (χ4v) is 4.08. The van der Waals surface area contributed by atoms with Gasteiger partial charge in [-0.25, -0.2) is 0 Å². The largest absolute Gasteiger partial charge is 0.496 e. The zero-order chi connectivity index (χ0) is 14.4. The summed E-state index contributed by atoms with van der Waals surface area (Å²) in [4.78, 5) is 0. The van der Waals surface area contributed by atoms with Crippen molar-refractivity contribution in [2.75, 3.05) is 13.7 Å². The number of hydrogen-bond acceptors (Lipinski definition) is 2. The van der Waals surface area contributed by atoms with Crippen LogP contribution in [0.5, 0.6) is 5.75 Å². The van der Waals surface area contributed by atoms with Gasteiger partial charge in [0.2, 0.25) is 0 Å². The number of benzene rings is 1. The van der Waals surface area contributed by atoms with Crippen LogP contribution in [0.3, 0.4) is 0 Å². The van der Waals surface area contributed by atoms with Crippen molar-refractivity contribution in [3.05, 3.63) is 28.8 Å². The summed E-state index contributed by atoms with van der Waals surface area (Å²) in [6.07, 6.45) is 5.03. The summed E-state index contributed by atoms with van der Waals surface area (Å²) in [6, 6.07) is 6.75. The summed E-state index contributed by atoms with van der Waals surface area (Å²) < 4.78 is 5.59. The molecule has 2 saturated carbocycles. The number of rotatable bonds is 5. The zero-order valence-electron chi connectivity index (χ0n) is 12.6. The molecule has 2 fully saturated rings. The minimum Gasteiger partial charge on any atom is -0.496 e. The first-order valence-corrected chi connectivity index (χ1v) is 7.89. The van der Waals surface area contributed by atoms with Gasteiger partial charge in [-0.3, -0.25) is 0 Å². The molecule has 0 heterocycles. The van der Waals surface area contributed by atoms with Crippen LogP contribution in [0.4, 0.5) is 0 Å². The fourth-order valence-electron chi connectivity index (χ4n) is 3.91. The summed E-state index contributed by atoms with van der Waals surface area (Å²) in [7, 11) is 1.75. The Morgan fingerprint density at radius 3 is 2.55 bits per heavy atom. The first-order valence-electron chi connectivity index (χ1n) is 7.52. The highest BCUT2D eigenvalue weighted by atomic mass is 35.5. The van der Waals surface area contributed by atoms with Crippen LogP contribution in [0.2, 0.25) is 5.02 Å². The third-order valence-electron chi connectivity index (χ3n) is 4.67. The Morgan fingerprint density at radius 2 is 2.00 bits per heavy atom. The normalized spacial score (nSPS) is 23.2. The van der Waals surface area contributed by atoms with E-state index in [1.807, 2.05) is 12.1 Å². The summed E-state index contributed by atoms with van der Waals surface area (Å²) in [5, 5.41) is 4.51. The lowest BCUT2D eigenvalue weighted by Crippen LogP contribution is -2.53. The molecule has 2 aliphatic carbocycles. The molecule has 2 nitrogen and oxygen atoms in total. The van der Waals surface area contributed by atoms with E-state index in [0.717, 1.165) is 23.4 Å². The maximum Gasteiger partial charge on any atom is 0.122 e. The Kier molecular flexibility index (Phi) is 3.50. The molecule has 20 heavy (non-hydrogen) atoms. The van der Waals surface area contributed by atoms with Gasteiger partial charge in [-0.05, 0) is 49.3 Å². The van der Waals surface area contributed by atoms with Crippen LogP contribution in [-0.2, 0) is 5.41 Å². The van der Waals surface area contributed by atoms with E-state index >= 15 is 0 Å². The van der Waals surface area contributed by atoms with Crippen molar-refractivity contribution in [1.82, 2.24) is 5.32 Å².